The predicted octanol–water partition coefficient (Wildman–Crippen LogP) is 3.54. The summed E-state index contributed by atoms with van der Waals surface area (Å²) in [6.07, 6.45) is 3.72. The van der Waals surface area contributed by atoms with Crippen LogP contribution in [0.2, 0.25) is 0 Å². The van der Waals surface area contributed by atoms with Gasteiger partial charge in [0.05, 0.1) is 0 Å². The van der Waals surface area contributed by atoms with Gasteiger partial charge in [0.15, 0.2) is 0 Å². The second-order valence-corrected chi connectivity index (χ2v) is 5.71. The average molecular weight is 297 g/mol. The van der Waals surface area contributed by atoms with Crippen LogP contribution in [0.3, 0.4) is 0 Å². The number of nitrogens with zero attached hydrogens (tertiary/aromatic N) is 2. The van der Waals surface area contributed by atoms with E-state index in [4.69, 9.17) is 0 Å². The van der Waals surface area contributed by atoms with Gasteiger partial charge in [0, 0.05) is 34.8 Å². The number of rotatable bonds is 4. The minimum absolute atomic E-state index is 0.921. The van der Waals surface area contributed by atoms with Crippen molar-refractivity contribution in [2.45, 2.75) is 13.1 Å². The van der Waals surface area contributed by atoms with E-state index in [1.54, 1.807) is 11.3 Å². The van der Waals surface area contributed by atoms with Crippen molar-refractivity contribution in [1.82, 2.24) is 9.88 Å². The third kappa shape index (κ3) is 3.40. The van der Waals surface area contributed by atoms with Gasteiger partial charge in [0.25, 0.3) is 0 Å². The molecule has 0 aromatic carbocycles. The summed E-state index contributed by atoms with van der Waals surface area (Å²) in [6, 6.07) is 6.37. The summed E-state index contributed by atoms with van der Waals surface area (Å²) in [4.78, 5) is 7.84. The fourth-order valence-corrected chi connectivity index (χ4v) is 2.77. The molecule has 0 aliphatic rings. The lowest BCUT2D eigenvalue weighted by Gasteiger charge is -2.15. The van der Waals surface area contributed by atoms with Crippen molar-refractivity contribution in [1.29, 1.82) is 0 Å². The number of hydrogen-bond acceptors (Lipinski definition) is 3. The standard InChI is InChI=1S/C12H13BrN2S/c1-15(9-12-3-2-4-16-12)8-10-5-11(13)7-14-6-10/h2-7H,8-9H2,1H3. The maximum absolute atomic E-state index is 4.16. The third-order valence-electron chi connectivity index (χ3n) is 2.22. The maximum atomic E-state index is 4.16. The summed E-state index contributed by atoms with van der Waals surface area (Å²) < 4.78 is 1.04. The molecule has 0 unspecified atom stereocenters. The van der Waals surface area contributed by atoms with E-state index >= 15 is 0 Å². The number of halogens is 1. The Kier molecular flexibility index (Phi) is 4.09. The molecule has 0 bridgehead atoms. The molecular formula is C12H13BrN2S. The van der Waals surface area contributed by atoms with Crippen LogP contribution in [0, 0.1) is 0 Å². The van der Waals surface area contributed by atoms with E-state index in [1.807, 2.05) is 12.4 Å². The Bertz CT molecular complexity index is 442. The van der Waals surface area contributed by atoms with Crippen LogP contribution in [0.15, 0.2) is 40.4 Å². The zero-order valence-electron chi connectivity index (χ0n) is 9.06. The number of thiophene rings is 1. The van der Waals surface area contributed by atoms with Crippen LogP contribution >= 0.6 is 27.3 Å². The van der Waals surface area contributed by atoms with Crippen LogP contribution in [0.5, 0.6) is 0 Å². The van der Waals surface area contributed by atoms with Crippen LogP contribution in [-0.4, -0.2) is 16.9 Å². The first kappa shape index (κ1) is 11.8. The largest absolute Gasteiger partial charge is 0.297 e. The molecule has 2 rings (SSSR count). The minimum Gasteiger partial charge on any atom is -0.297 e. The highest BCUT2D eigenvalue weighted by molar-refractivity contribution is 9.10. The summed E-state index contributed by atoms with van der Waals surface area (Å²) in [5, 5.41) is 2.11. The number of aromatic nitrogens is 1. The summed E-state index contributed by atoms with van der Waals surface area (Å²) in [5.74, 6) is 0. The SMILES string of the molecule is CN(Cc1cncc(Br)c1)Cc1cccs1. The molecule has 0 atom stereocenters. The first-order chi connectivity index (χ1) is 7.74. The summed E-state index contributed by atoms with van der Waals surface area (Å²) in [5.41, 5.74) is 1.23. The van der Waals surface area contributed by atoms with Gasteiger partial charge in [0.1, 0.15) is 0 Å². The molecule has 0 aliphatic heterocycles. The Labute approximate surface area is 108 Å². The van der Waals surface area contributed by atoms with Crippen molar-refractivity contribution in [2.24, 2.45) is 0 Å². The molecule has 2 aromatic rings. The third-order valence-corrected chi connectivity index (χ3v) is 3.51. The Morgan fingerprint density at radius 3 is 2.94 bits per heavy atom. The monoisotopic (exact) mass is 296 g/mol. The van der Waals surface area contributed by atoms with Crippen LogP contribution in [0.25, 0.3) is 0 Å². The second kappa shape index (κ2) is 5.57. The molecule has 2 aromatic heterocycles. The van der Waals surface area contributed by atoms with Crippen molar-refractivity contribution in [2.75, 3.05) is 7.05 Å². The van der Waals surface area contributed by atoms with Crippen molar-refractivity contribution < 1.29 is 0 Å². The van der Waals surface area contributed by atoms with E-state index in [2.05, 4.69) is 56.4 Å². The first-order valence-electron chi connectivity index (χ1n) is 5.04. The fourth-order valence-electron chi connectivity index (χ4n) is 1.58. The molecule has 0 saturated carbocycles. The van der Waals surface area contributed by atoms with Gasteiger partial charge in [0.2, 0.25) is 0 Å². The lowest BCUT2D eigenvalue weighted by Crippen LogP contribution is -2.16. The maximum Gasteiger partial charge on any atom is 0.0410 e. The Morgan fingerprint density at radius 1 is 1.38 bits per heavy atom. The van der Waals surface area contributed by atoms with Crippen LogP contribution < -0.4 is 0 Å². The van der Waals surface area contributed by atoms with Crippen molar-refractivity contribution in [3.63, 3.8) is 0 Å². The van der Waals surface area contributed by atoms with Gasteiger partial charge < -0.3 is 0 Å². The van der Waals surface area contributed by atoms with E-state index in [9.17, 15) is 0 Å². The molecule has 0 radical (unpaired) electrons. The second-order valence-electron chi connectivity index (χ2n) is 3.76. The van der Waals surface area contributed by atoms with Gasteiger partial charge in [-0.1, -0.05) is 6.07 Å². The topological polar surface area (TPSA) is 16.1 Å². The molecule has 0 fully saturated rings. The van der Waals surface area contributed by atoms with Gasteiger partial charge in [-0.05, 0) is 46.1 Å². The van der Waals surface area contributed by atoms with Crippen molar-refractivity contribution in [3.05, 3.63) is 50.9 Å². The van der Waals surface area contributed by atoms with E-state index in [1.165, 1.54) is 10.4 Å². The highest BCUT2D eigenvalue weighted by Crippen LogP contribution is 2.14. The van der Waals surface area contributed by atoms with E-state index in [0.29, 0.717) is 0 Å². The number of pyridine rings is 1. The van der Waals surface area contributed by atoms with E-state index < -0.39 is 0 Å². The van der Waals surface area contributed by atoms with Crippen molar-refractivity contribution >= 4 is 27.3 Å². The van der Waals surface area contributed by atoms with Crippen LogP contribution in [0.1, 0.15) is 10.4 Å². The van der Waals surface area contributed by atoms with Crippen molar-refractivity contribution in [3.8, 4) is 0 Å². The van der Waals surface area contributed by atoms with Gasteiger partial charge in [-0.15, -0.1) is 11.3 Å². The Hall–Kier alpha value is -0.710. The smallest absolute Gasteiger partial charge is 0.0410 e. The van der Waals surface area contributed by atoms with Gasteiger partial charge in [-0.3, -0.25) is 9.88 Å². The summed E-state index contributed by atoms with van der Waals surface area (Å²) in [7, 11) is 2.13. The minimum atomic E-state index is 0.921. The molecule has 0 spiro atoms. The zero-order chi connectivity index (χ0) is 11.4. The molecular weight excluding hydrogens is 284 g/mol. The molecule has 0 N–H and O–H groups in total. The van der Waals surface area contributed by atoms with Gasteiger partial charge >= 0.3 is 0 Å². The lowest BCUT2D eigenvalue weighted by molar-refractivity contribution is 0.321. The normalized spacial score (nSPS) is 10.9. The molecule has 0 saturated heterocycles. The highest BCUT2D eigenvalue weighted by atomic mass is 79.9. The molecule has 0 aliphatic carbocycles. The fraction of sp³-hybridized carbons (Fsp3) is 0.250. The van der Waals surface area contributed by atoms with E-state index in [-0.39, 0.29) is 0 Å². The van der Waals surface area contributed by atoms with Crippen LogP contribution in [-0.2, 0) is 13.1 Å². The molecule has 84 valence electrons. The lowest BCUT2D eigenvalue weighted by atomic mass is 10.2. The first-order valence-corrected chi connectivity index (χ1v) is 6.71. The molecule has 0 amide bonds. The Balaban J connectivity index is 1.94. The van der Waals surface area contributed by atoms with Gasteiger partial charge in [-0.25, -0.2) is 0 Å². The quantitative estimate of drug-likeness (QED) is 0.858. The molecule has 2 heterocycles. The van der Waals surface area contributed by atoms with Gasteiger partial charge in [-0.2, -0.15) is 0 Å². The zero-order valence-corrected chi connectivity index (χ0v) is 11.5. The highest BCUT2D eigenvalue weighted by Gasteiger charge is 2.03. The average Bonchev–Trinajstić information content (AvgIpc) is 2.70. The number of hydrogen-bond donors (Lipinski definition) is 0. The molecule has 16 heavy (non-hydrogen) atoms. The summed E-state index contributed by atoms with van der Waals surface area (Å²) in [6.45, 7) is 1.91. The molecule has 2 nitrogen and oxygen atoms in total. The van der Waals surface area contributed by atoms with E-state index in [0.717, 1.165) is 17.6 Å². The Morgan fingerprint density at radius 2 is 2.25 bits per heavy atom. The predicted molar refractivity (Wildman–Crippen MR) is 71.4 cm³/mol. The van der Waals surface area contributed by atoms with Crippen LogP contribution in [0.4, 0.5) is 0 Å². The molecule has 4 heteroatoms. The summed E-state index contributed by atoms with van der Waals surface area (Å²) >= 11 is 5.23.